The molecule has 0 spiro atoms. The van der Waals surface area contributed by atoms with Crippen molar-refractivity contribution < 1.29 is 4.79 Å². The Kier molecular flexibility index (Phi) is 5.22. The SMILES string of the molecule is Cc1ccc(Nc2cc(C(=O)NCc3ccncc3)nc(C)n2)c(C)c1. The van der Waals surface area contributed by atoms with Crippen LogP contribution in [0, 0.1) is 20.8 Å². The molecule has 0 atom stereocenters. The summed E-state index contributed by atoms with van der Waals surface area (Å²) in [5.41, 5.74) is 4.58. The second kappa shape index (κ2) is 7.74. The zero-order valence-corrected chi connectivity index (χ0v) is 15.1. The fourth-order valence-electron chi connectivity index (χ4n) is 2.61. The number of anilines is 2. The van der Waals surface area contributed by atoms with E-state index in [0.717, 1.165) is 16.8 Å². The van der Waals surface area contributed by atoms with Crippen molar-refractivity contribution in [2.24, 2.45) is 0 Å². The van der Waals surface area contributed by atoms with Crippen LogP contribution < -0.4 is 10.6 Å². The molecule has 0 aliphatic carbocycles. The van der Waals surface area contributed by atoms with E-state index in [9.17, 15) is 4.79 Å². The molecule has 3 rings (SSSR count). The van der Waals surface area contributed by atoms with Crippen molar-refractivity contribution >= 4 is 17.4 Å². The Balaban J connectivity index is 1.75. The number of pyridine rings is 1. The number of hydrogen-bond donors (Lipinski definition) is 2. The predicted molar refractivity (Wildman–Crippen MR) is 101 cm³/mol. The van der Waals surface area contributed by atoms with Gasteiger partial charge in [-0.2, -0.15) is 0 Å². The van der Waals surface area contributed by atoms with Gasteiger partial charge in [0.25, 0.3) is 5.91 Å². The number of carbonyl (C=O) groups excluding carboxylic acids is 1. The summed E-state index contributed by atoms with van der Waals surface area (Å²) in [6, 6.07) is 11.5. The summed E-state index contributed by atoms with van der Waals surface area (Å²) in [5, 5.41) is 6.14. The summed E-state index contributed by atoms with van der Waals surface area (Å²) in [6.07, 6.45) is 3.39. The zero-order valence-electron chi connectivity index (χ0n) is 15.1. The van der Waals surface area contributed by atoms with Crippen molar-refractivity contribution in [1.29, 1.82) is 0 Å². The van der Waals surface area contributed by atoms with Crippen LogP contribution in [0.2, 0.25) is 0 Å². The molecule has 6 nitrogen and oxygen atoms in total. The third kappa shape index (κ3) is 4.42. The lowest BCUT2D eigenvalue weighted by Crippen LogP contribution is -2.24. The van der Waals surface area contributed by atoms with Crippen molar-refractivity contribution in [3.63, 3.8) is 0 Å². The molecule has 0 fully saturated rings. The minimum atomic E-state index is -0.240. The summed E-state index contributed by atoms with van der Waals surface area (Å²) < 4.78 is 0. The van der Waals surface area contributed by atoms with Crippen LogP contribution in [0.3, 0.4) is 0 Å². The van der Waals surface area contributed by atoms with Crippen LogP contribution >= 0.6 is 0 Å². The maximum absolute atomic E-state index is 12.4. The highest BCUT2D eigenvalue weighted by atomic mass is 16.1. The minimum Gasteiger partial charge on any atom is -0.347 e. The molecule has 0 aliphatic rings. The molecule has 1 amide bonds. The fourth-order valence-corrected chi connectivity index (χ4v) is 2.61. The molecule has 0 radical (unpaired) electrons. The summed E-state index contributed by atoms with van der Waals surface area (Å²) in [7, 11) is 0. The first kappa shape index (κ1) is 17.5. The first-order chi connectivity index (χ1) is 12.5. The molecule has 26 heavy (non-hydrogen) atoms. The Labute approximate surface area is 152 Å². The molecule has 0 bridgehead atoms. The zero-order chi connectivity index (χ0) is 18.5. The van der Waals surface area contributed by atoms with E-state index in [0.29, 0.717) is 23.9 Å². The Morgan fingerprint density at radius 2 is 1.77 bits per heavy atom. The molecule has 132 valence electrons. The van der Waals surface area contributed by atoms with Gasteiger partial charge in [-0.1, -0.05) is 17.7 Å². The second-order valence-electron chi connectivity index (χ2n) is 6.17. The lowest BCUT2D eigenvalue weighted by Gasteiger charge is -2.11. The van der Waals surface area contributed by atoms with Crippen molar-refractivity contribution in [1.82, 2.24) is 20.3 Å². The number of amides is 1. The average molecular weight is 347 g/mol. The van der Waals surface area contributed by atoms with Crippen LogP contribution in [0.5, 0.6) is 0 Å². The summed E-state index contributed by atoms with van der Waals surface area (Å²) in [5.74, 6) is 0.892. The summed E-state index contributed by atoms with van der Waals surface area (Å²) >= 11 is 0. The van der Waals surface area contributed by atoms with Crippen molar-refractivity contribution in [2.75, 3.05) is 5.32 Å². The quantitative estimate of drug-likeness (QED) is 0.739. The topological polar surface area (TPSA) is 79.8 Å². The van der Waals surface area contributed by atoms with E-state index >= 15 is 0 Å². The minimum absolute atomic E-state index is 0.240. The van der Waals surface area contributed by atoms with E-state index in [2.05, 4.69) is 38.6 Å². The average Bonchev–Trinajstić information content (AvgIpc) is 2.62. The van der Waals surface area contributed by atoms with Gasteiger partial charge in [0.05, 0.1) is 0 Å². The number of carbonyl (C=O) groups is 1. The van der Waals surface area contributed by atoms with Crippen LogP contribution in [0.25, 0.3) is 0 Å². The number of aryl methyl sites for hydroxylation is 3. The molecule has 2 N–H and O–H groups in total. The van der Waals surface area contributed by atoms with Crippen LogP contribution in [0.4, 0.5) is 11.5 Å². The standard InChI is InChI=1S/C20H21N5O/c1-13-4-5-17(14(2)10-13)25-19-11-18(23-15(3)24-19)20(26)22-12-16-6-8-21-9-7-16/h4-11H,12H2,1-3H3,(H,22,26)(H,23,24,25). The highest BCUT2D eigenvalue weighted by molar-refractivity contribution is 5.93. The molecule has 0 saturated heterocycles. The lowest BCUT2D eigenvalue weighted by molar-refractivity contribution is 0.0945. The largest absolute Gasteiger partial charge is 0.347 e. The molecule has 3 aromatic rings. The Bertz CT molecular complexity index is 925. The van der Waals surface area contributed by atoms with E-state index in [4.69, 9.17) is 0 Å². The number of hydrogen-bond acceptors (Lipinski definition) is 5. The first-order valence-corrected chi connectivity index (χ1v) is 8.38. The van der Waals surface area contributed by atoms with Gasteiger partial charge in [-0.05, 0) is 50.1 Å². The van der Waals surface area contributed by atoms with Gasteiger partial charge in [0.15, 0.2) is 0 Å². The molecular weight excluding hydrogens is 326 g/mol. The van der Waals surface area contributed by atoms with Crippen LogP contribution in [0.15, 0.2) is 48.8 Å². The van der Waals surface area contributed by atoms with Gasteiger partial charge in [-0.15, -0.1) is 0 Å². The van der Waals surface area contributed by atoms with Crippen molar-refractivity contribution in [3.05, 3.63) is 77.0 Å². The highest BCUT2D eigenvalue weighted by Crippen LogP contribution is 2.20. The maximum atomic E-state index is 12.4. The number of benzene rings is 1. The predicted octanol–water partition coefficient (Wildman–Crippen LogP) is 3.47. The van der Waals surface area contributed by atoms with E-state index in [1.807, 2.05) is 31.2 Å². The second-order valence-corrected chi connectivity index (χ2v) is 6.17. The Morgan fingerprint density at radius 1 is 1.00 bits per heavy atom. The molecule has 6 heteroatoms. The third-order valence-electron chi connectivity index (χ3n) is 3.92. The molecule has 0 saturated carbocycles. The maximum Gasteiger partial charge on any atom is 0.270 e. The van der Waals surface area contributed by atoms with Gasteiger partial charge in [0.2, 0.25) is 0 Å². The smallest absolute Gasteiger partial charge is 0.270 e. The van der Waals surface area contributed by atoms with Gasteiger partial charge in [0, 0.05) is 30.7 Å². The van der Waals surface area contributed by atoms with Crippen molar-refractivity contribution in [2.45, 2.75) is 27.3 Å². The van der Waals surface area contributed by atoms with Gasteiger partial charge < -0.3 is 10.6 Å². The van der Waals surface area contributed by atoms with Crippen LogP contribution in [-0.2, 0) is 6.54 Å². The van der Waals surface area contributed by atoms with Crippen molar-refractivity contribution in [3.8, 4) is 0 Å². The van der Waals surface area contributed by atoms with E-state index < -0.39 is 0 Å². The van der Waals surface area contributed by atoms with Gasteiger partial charge in [0.1, 0.15) is 17.3 Å². The highest BCUT2D eigenvalue weighted by Gasteiger charge is 2.11. The van der Waals surface area contributed by atoms with Gasteiger partial charge >= 0.3 is 0 Å². The third-order valence-corrected chi connectivity index (χ3v) is 3.92. The van der Waals surface area contributed by atoms with E-state index in [-0.39, 0.29) is 5.91 Å². The molecule has 2 aromatic heterocycles. The van der Waals surface area contributed by atoms with E-state index in [1.54, 1.807) is 25.4 Å². The normalized spacial score (nSPS) is 10.4. The van der Waals surface area contributed by atoms with Crippen LogP contribution in [0.1, 0.15) is 33.0 Å². The van der Waals surface area contributed by atoms with E-state index in [1.165, 1.54) is 5.56 Å². The monoisotopic (exact) mass is 347 g/mol. The molecule has 2 heterocycles. The number of aromatic nitrogens is 3. The fraction of sp³-hybridized carbons (Fsp3) is 0.200. The Hall–Kier alpha value is -3.28. The molecule has 0 unspecified atom stereocenters. The summed E-state index contributed by atoms with van der Waals surface area (Å²) in [4.78, 5) is 25.0. The van der Waals surface area contributed by atoms with Gasteiger partial charge in [-0.3, -0.25) is 9.78 Å². The van der Waals surface area contributed by atoms with Gasteiger partial charge in [-0.25, -0.2) is 9.97 Å². The number of nitrogens with one attached hydrogen (secondary N) is 2. The Morgan fingerprint density at radius 3 is 2.50 bits per heavy atom. The molecular formula is C20H21N5O. The van der Waals surface area contributed by atoms with Crippen LogP contribution in [-0.4, -0.2) is 20.9 Å². The first-order valence-electron chi connectivity index (χ1n) is 8.38. The molecule has 0 aliphatic heterocycles. The number of rotatable bonds is 5. The molecule has 1 aromatic carbocycles. The lowest BCUT2D eigenvalue weighted by atomic mass is 10.1. The summed E-state index contributed by atoms with van der Waals surface area (Å²) in [6.45, 7) is 6.28. The number of nitrogens with zero attached hydrogens (tertiary/aromatic N) is 3.